The number of thiophene rings is 1. The fourth-order valence-corrected chi connectivity index (χ4v) is 3.77. The van der Waals surface area contributed by atoms with Crippen LogP contribution >= 0.6 is 11.3 Å². The normalized spacial score (nSPS) is 11.8. The van der Waals surface area contributed by atoms with E-state index >= 15 is 0 Å². The van der Waals surface area contributed by atoms with E-state index in [1.165, 1.54) is 6.92 Å². The lowest BCUT2D eigenvalue weighted by Gasteiger charge is -2.09. The Hall–Kier alpha value is -3.07. The van der Waals surface area contributed by atoms with Crippen molar-refractivity contribution >= 4 is 34.0 Å². The zero-order chi connectivity index (χ0) is 20.3. The first-order valence-electron chi connectivity index (χ1n) is 8.54. The lowest BCUT2D eigenvalue weighted by Crippen LogP contribution is -2.21. The van der Waals surface area contributed by atoms with Gasteiger partial charge in [-0.15, -0.1) is 11.3 Å². The first kappa shape index (κ1) is 19.7. The second kappa shape index (κ2) is 8.30. The molecule has 148 valence electrons. The molecule has 0 unspecified atom stereocenters. The van der Waals surface area contributed by atoms with Crippen LogP contribution < -0.4 is 19.5 Å². The molecular formula is C19H19NO7S. The second-order valence-electron chi connectivity index (χ2n) is 5.89. The van der Waals surface area contributed by atoms with Crippen LogP contribution in [0.2, 0.25) is 0 Å². The van der Waals surface area contributed by atoms with E-state index in [0.717, 1.165) is 11.3 Å². The van der Waals surface area contributed by atoms with Gasteiger partial charge in [-0.2, -0.15) is 0 Å². The van der Waals surface area contributed by atoms with Gasteiger partial charge in [-0.1, -0.05) is 0 Å². The molecule has 1 aliphatic heterocycles. The van der Waals surface area contributed by atoms with Crippen molar-refractivity contribution in [2.45, 2.75) is 20.8 Å². The molecule has 8 nitrogen and oxygen atoms in total. The van der Waals surface area contributed by atoms with Crippen molar-refractivity contribution in [2.24, 2.45) is 0 Å². The Morgan fingerprint density at radius 2 is 1.96 bits per heavy atom. The number of rotatable bonds is 7. The Kier molecular flexibility index (Phi) is 5.84. The molecule has 0 fully saturated rings. The maximum atomic E-state index is 12.3. The molecule has 2 heterocycles. The van der Waals surface area contributed by atoms with E-state index in [4.69, 9.17) is 18.9 Å². The van der Waals surface area contributed by atoms with E-state index in [-0.39, 0.29) is 36.4 Å². The first-order valence-corrected chi connectivity index (χ1v) is 9.36. The van der Waals surface area contributed by atoms with Crippen molar-refractivity contribution in [2.75, 3.05) is 25.3 Å². The molecule has 0 saturated carbocycles. The van der Waals surface area contributed by atoms with Gasteiger partial charge in [0.1, 0.15) is 10.8 Å². The number of carbonyl (C=O) groups excluding carboxylic acids is 3. The van der Waals surface area contributed by atoms with Gasteiger partial charge in [-0.05, 0) is 38.5 Å². The Morgan fingerprint density at radius 3 is 2.68 bits per heavy atom. The predicted octanol–water partition coefficient (Wildman–Crippen LogP) is 3.18. The largest absolute Gasteiger partial charge is 0.484 e. The number of amides is 1. The Labute approximate surface area is 165 Å². The molecule has 1 aromatic carbocycles. The number of hydrogen-bond donors (Lipinski definition) is 1. The third kappa shape index (κ3) is 4.09. The van der Waals surface area contributed by atoms with Crippen LogP contribution in [0.25, 0.3) is 0 Å². The maximum Gasteiger partial charge on any atom is 0.341 e. The number of carbonyl (C=O) groups is 3. The molecule has 0 spiro atoms. The molecule has 28 heavy (non-hydrogen) atoms. The van der Waals surface area contributed by atoms with E-state index in [1.807, 2.05) is 0 Å². The van der Waals surface area contributed by atoms with Gasteiger partial charge in [0.25, 0.3) is 5.91 Å². The predicted molar refractivity (Wildman–Crippen MR) is 102 cm³/mol. The standard InChI is InChI=1S/C19H19NO7S/c1-4-24-19(23)16-10(2)17(11(3)21)28-18(16)20-15(22)8-25-12-5-6-13-14(7-12)27-9-26-13/h5-7H,4,8-9H2,1-3H3,(H,20,22). The van der Waals surface area contributed by atoms with Crippen molar-refractivity contribution in [1.82, 2.24) is 0 Å². The fourth-order valence-electron chi connectivity index (χ4n) is 2.66. The summed E-state index contributed by atoms with van der Waals surface area (Å²) in [5.41, 5.74) is 0.677. The highest BCUT2D eigenvalue weighted by atomic mass is 32.1. The van der Waals surface area contributed by atoms with Crippen LogP contribution in [0.5, 0.6) is 17.2 Å². The summed E-state index contributed by atoms with van der Waals surface area (Å²) in [4.78, 5) is 36.8. The number of benzene rings is 1. The minimum atomic E-state index is -0.587. The molecule has 9 heteroatoms. The van der Waals surface area contributed by atoms with Crippen molar-refractivity contribution in [1.29, 1.82) is 0 Å². The smallest absolute Gasteiger partial charge is 0.341 e. The van der Waals surface area contributed by atoms with E-state index < -0.39 is 11.9 Å². The molecular weight excluding hydrogens is 386 g/mol. The Morgan fingerprint density at radius 1 is 1.21 bits per heavy atom. The quantitative estimate of drug-likeness (QED) is 0.558. The van der Waals surface area contributed by atoms with E-state index in [0.29, 0.717) is 27.7 Å². The third-order valence-electron chi connectivity index (χ3n) is 3.91. The summed E-state index contributed by atoms with van der Waals surface area (Å²) in [6.07, 6.45) is 0. The average Bonchev–Trinajstić information content (AvgIpc) is 3.24. The van der Waals surface area contributed by atoms with Gasteiger partial charge in [-0.25, -0.2) is 4.79 Å². The van der Waals surface area contributed by atoms with Gasteiger partial charge in [0, 0.05) is 6.07 Å². The number of esters is 1. The number of anilines is 1. The van der Waals surface area contributed by atoms with Gasteiger partial charge in [0.2, 0.25) is 6.79 Å². The molecule has 1 aromatic heterocycles. The van der Waals surface area contributed by atoms with Gasteiger partial charge in [-0.3, -0.25) is 9.59 Å². The lowest BCUT2D eigenvalue weighted by atomic mass is 10.1. The summed E-state index contributed by atoms with van der Waals surface area (Å²) >= 11 is 1.04. The van der Waals surface area contributed by atoms with Crippen molar-refractivity contribution in [3.63, 3.8) is 0 Å². The molecule has 0 bridgehead atoms. The van der Waals surface area contributed by atoms with Crippen LogP contribution in [0.15, 0.2) is 18.2 Å². The first-order chi connectivity index (χ1) is 13.4. The Bertz CT molecular complexity index is 935. The second-order valence-corrected chi connectivity index (χ2v) is 6.91. The summed E-state index contributed by atoms with van der Waals surface area (Å²) in [5.74, 6) is 0.349. The highest BCUT2D eigenvalue weighted by Crippen LogP contribution is 2.36. The van der Waals surface area contributed by atoms with E-state index in [1.54, 1.807) is 32.0 Å². The molecule has 0 radical (unpaired) electrons. The lowest BCUT2D eigenvalue weighted by molar-refractivity contribution is -0.118. The number of Topliss-reactive ketones (excluding diaryl/α,β-unsaturated/α-hetero) is 1. The highest BCUT2D eigenvalue weighted by Gasteiger charge is 2.25. The number of fused-ring (bicyclic) bond motifs is 1. The summed E-state index contributed by atoms with van der Waals surface area (Å²) < 4.78 is 21.0. The van der Waals surface area contributed by atoms with Crippen LogP contribution in [0.3, 0.4) is 0 Å². The Balaban J connectivity index is 1.71. The zero-order valence-electron chi connectivity index (χ0n) is 15.6. The van der Waals surface area contributed by atoms with Crippen LogP contribution in [-0.4, -0.2) is 37.7 Å². The van der Waals surface area contributed by atoms with Crippen LogP contribution in [-0.2, 0) is 9.53 Å². The van der Waals surface area contributed by atoms with Gasteiger partial charge >= 0.3 is 5.97 Å². The van der Waals surface area contributed by atoms with Gasteiger partial charge < -0.3 is 24.3 Å². The topological polar surface area (TPSA) is 100 Å². The molecule has 1 N–H and O–H groups in total. The summed E-state index contributed by atoms with van der Waals surface area (Å²) in [7, 11) is 0. The highest BCUT2D eigenvalue weighted by molar-refractivity contribution is 7.18. The van der Waals surface area contributed by atoms with E-state index in [2.05, 4.69) is 5.32 Å². The molecule has 1 aliphatic rings. The van der Waals surface area contributed by atoms with Crippen molar-refractivity contribution in [3.05, 3.63) is 34.2 Å². The molecule has 0 atom stereocenters. The molecule has 3 rings (SSSR count). The number of ether oxygens (including phenoxy) is 4. The minimum absolute atomic E-state index is 0.145. The maximum absolute atomic E-state index is 12.3. The average molecular weight is 405 g/mol. The summed E-state index contributed by atoms with van der Waals surface area (Å²) in [6.45, 7) is 4.79. The minimum Gasteiger partial charge on any atom is -0.484 e. The molecule has 0 saturated heterocycles. The molecule has 2 aromatic rings. The molecule has 1 amide bonds. The summed E-state index contributed by atoms with van der Waals surface area (Å²) in [6, 6.07) is 4.98. The van der Waals surface area contributed by atoms with Crippen LogP contribution in [0.4, 0.5) is 5.00 Å². The SMILES string of the molecule is CCOC(=O)c1c(NC(=O)COc2ccc3c(c2)OCO3)sc(C(C)=O)c1C. The van der Waals surface area contributed by atoms with Crippen LogP contribution in [0, 0.1) is 6.92 Å². The van der Waals surface area contributed by atoms with Crippen LogP contribution in [0.1, 0.15) is 39.4 Å². The fraction of sp³-hybridized carbons (Fsp3) is 0.316. The third-order valence-corrected chi connectivity index (χ3v) is 5.22. The van der Waals surface area contributed by atoms with Crippen molar-refractivity contribution in [3.8, 4) is 17.2 Å². The number of hydrogen-bond acceptors (Lipinski definition) is 8. The van der Waals surface area contributed by atoms with E-state index in [9.17, 15) is 14.4 Å². The van der Waals surface area contributed by atoms with Gasteiger partial charge in [0.05, 0.1) is 17.0 Å². The summed E-state index contributed by atoms with van der Waals surface area (Å²) in [5, 5.41) is 2.90. The number of nitrogens with one attached hydrogen (secondary N) is 1. The van der Waals surface area contributed by atoms with Crippen molar-refractivity contribution < 1.29 is 33.3 Å². The molecule has 0 aliphatic carbocycles. The monoisotopic (exact) mass is 405 g/mol. The van der Waals surface area contributed by atoms with Gasteiger partial charge in [0.15, 0.2) is 23.9 Å². The number of ketones is 1. The zero-order valence-corrected chi connectivity index (χ0v) is 16.4.